The fraction of sp³-hybridized carbons (Fsp3) is 0.0833. The lowest BCUT2D eigenvalue weighted by Crippen LogP contribution is -2.21. The minimum atomic E-state index is -1.43. The van der Waals surface area contributed by atoms with Crippen LogP contribution in [0.5, 0.6) is 0 Å². The van der Waals surface area contributed by atoms with Gasteiger partial charge in [0.25, 0.3) is 5.69 Å². The summed E-state index contributed by atoms with van der Waals surface area (Å²) in [7, 11) is 0. The minimum Gasteiger partial charge on any atom is -0.476 e. The summed E-state index contributed by atoms with van der Waals surface area (Å²) in [5.74, 6) is -1.90. The summed E-state index contributed by atoms with van der Waals surface area (Å²) in [4.78, 5) is 34.9. The van der Waals surface area contributed by atoms with E-state index in [1.54, 1.807) is 0 Å². The number of carbonyl (C=O) groups excluding carboxylic acids is 1. The lowest BCUT2D eigenvalue weighted by Gasteiger charge is -2.15. The maximum atomic E-state index is 12.7. The normalized spacial score (nSPS) is 12.0. The molecule has 3 aromatic carbocycles. The third-order valence-electron chi connectivity index (χ3n) is 5.72. The molecular weight excluding hydrogens is 454 g/mol. The van der Waals surface area contributed by atoms with Crippen molar-refractivity contribution in [3.63, 3.8) is 0 Å². The lowest BCUT2D eigenvalue weighted by atomic mass is 9.98. The number of rotatable bonds is 6. The van der Waals surface area contributed by atoms with Crippen molar-refractivity contribution < 1.29 is 24.4 Å². The molecule has 0 saturated heterocycles. The molecule has 0 unspecified atom stereocenters. The van der Waals surface area contributed by atoms with E-state index < -0.39 is 22.7 Å². The highest BCUT2D eigenvalue weighted by Gasteiger charge is 2.30. The summed E-state index contributed by atoms with van der Waals surface area (Å²) >= 11 is 0. The van der Waals surface area contributed by atoms with Crippen molar-refractivity contribution in [2.75, 3.05) is 11.9 Å². The predicted octanol–water partition coefficient (Wildman–Crippen LogP) is 4.23. The molecule has 0 bridgehead atoms. The predicted molar refractivity (Wildman–Crippen MR) is 124 cm³/mol. The van der Waals surface area contributed by atoms with Gasteiger partial charge in [0.05, 0.1) is 10.6 Å². The molecule has 0 aliphatic heterocycles. The average molecular weight is 471 g/mol. The molecule has 11 nitrogen and oxygen atoms in total. The monoisotopic (exact) mass is 471 g/mol. The maximum absolute atomic E-state index is 12.7. The first-order chi connectivity index (χ1) is 16.9. The molecule has 1 aliphatic carbocycles. The Hall–Kier alpha value is -5.06. The van der Waals surface area contributed by atoms with Gasteiger partial charge in [-0.05, 0) is 28.3 Å². The van der Waals surface area contributed by atoms with E-state index >= 15 is 0 Å². The highest BCUT2D eigenvalue weighted by molar-refractivity contribution is 5.96. The smallest absolute Gasteiger partial charge is 0.412 e. The number of carbonyl (C=O) groups is 2. The van der Waals surface area contributed by atoms with E-state index in [0.29, 0.717) is 0 Å². The molecule has 0 radical (unpaired) electrons. The Morgan fingerprint density at radius 3 is 2.31 bits per heavy atom. The van der Waals surface area contributed by atoms with Crippen molar-refractivity contribution in [3.8, 4) is 16.8 Å². The van der Waals surface area contributed by atoms with E-state index in [0.717, 1.165) is 26.9 Å². The first-order valence-electron chi connectivity index (χ1n) is 10.5. The molecule has 2 N–H and O–H groups in total. The number of aromatic nitrogens is 3. The van der Waals surface area contributed by atoms with Crippen molar-refractivity contribution in [3.05, 3.63) is 99.7 Å². The maximum Gasteiger partial charge on any atom is 0.412 e. The first-order valence-corrected chi connectivity index (χ1v) is 10.5. The molecule has 1 aromatic heterocycles. The van der Waals surface area contributed by atoms with Gasteiger partial charge in [0.2, 0.25) is 5.69 Å². The second-order valence-corrected chi connectivity index (χ2v) is 7.73. The minimum absolute atomic E-state index is 0.0145. The van der Waals surface area contributed by atoms with Gasteiger partial charge in [-0.2, -0.15) is 4.68 Å². The molecule has 1 aliphatic rings. The van der Waals surface area contributed by atoms with Gasteiger partial charge in [-0.15, -0.1) is 5.10 Å². The number of hydrogen-bond acceptors (Lipinski definition) is 7. The molecule has 0 atom stereocenters. The van der Waals surface area contributed by atoms with Gasteiger partial charge in [0, 0.05) is 18.1 Å². The van der Waals surface area contributed by atoms with Crippen LogP contribution in [0.2, 0.25) is 0 Å². The standard InChI is InChI=1S/C24H17N5O6/c30-23(31)21-22(28(27-26-21)14-6-5-7-15(12-14)29(33)34)25-24(32)35-13-20-18-10-3-1-8-16(18)17-9-2-4-11-19(17)20/h1-12,20H,13H2,(H,25,32)(H,30,31). The Morgan fingerprint density at radius 1 is 1.03 bits per heavy atom. The van der Waals surface area contributed by atoms with Gasteiger partial charge in [0.15, 0.2) is 5.82 Å². The molecule has 1 amide bonds. The van der Waals surface area contributed by atoms with E-state index in [1.807, 2.05) is 48.5 Å². The van der Waals surface area contributed by atoms with Gasteiger partial charge in [-0.1, -0.05) is 59.8 Å². The van der Waals surface area contributed by atoms with E-state index in [4.69, 9.17) is 4.74 Å². The van der Waals surface area contributed by atoms with Crippen LogP contribution in [-0.2, 0) is 4.74 Å². The largest absolute Gasteiger partial charge is 0.476 e. The third kappa shape index (κ3) is 3.95. The molecule has 0 spiro atoms. The van der Waals surface area contributed by atoms with Crippen molar-refractivity contribution in [1.29, 1.82) is 0 Å². The molecule has 0 fully saturated rings. The van der Waals surface area contributed by atoms with Gasteiger partial charge in [0.1, 0.15) is 6.61 Å². The number of ether oxygens (including phenoxy) is 1. The van der Waals surface area contributed by atoms with Crippen LogP contribution in [-0.4, -0.2) is 43.7 Å². The second-order valence-electron chi connectivity index (χ2n) is 7.73. The Balaban J connectivity index is 1.39. The molecule has 4 aromatic rings. The van der Waals surface area contributed by atoms with Gasteiger partial charge < -0.3 is 9.84 Å². The number of carboxylic acids is 1. The van der Waals surface area contributed by atoms with E-state index in [-0.39, 0.29) is 29.7 Å². The van der Waals surface area contributed by atoms with Crippen molar-refractivity contribution in [1.82, 2.24) is 15.0 Å². The summed E-state index contributed by atoms with van der Waals surface area (Å²) in [6.07, 6.45) is -0.914. The number of aromatic carboxylic acids is 1. The number of benzene rings is 3. The fourth-order valence-electron chi connectivity index (χ4n) is 4.19. The number of non-ortho nitro benzene ring substituents is 1. The van der Waals surface area contributed by atoms with E-state index in [1.165, 1.54) is 24.3 Å². The average Bonchev–Trinajstić information content (AvgIpc) is 3.42. The van der Waals surface area contributed by atoms with E-state index in [2.05, 4.69) is 15.6 Å². The number of fused-ring (bicyclic) bond motifs is 3. The topological polar surface area (TPSA) is 149 Å². The molecule has 11 heteroatoms. The Morgan fingerprint density at radius 2 is 1.69 bits per heavy atom. The number of nitro benzene ring substituents is 1. The Labute approximate surface area is 197 Å². The summed E-state index contributed by atoms with van der Waals surface area (Å²) in [5.41, 5.74) is 3.56. The zero-order valence-electron chi connectivity index (χ0n) is 18.0. The summed E-state index contributed by atoms with van der Waals surface area (Å²) < 4.78 is 6.48. The molecule has 1 heterocycles. The van der Waals surface area contributed by atoms with E-state index in [9.17, 15) is 24.8 Å². The molecular formula is C24H17N5O6. The number of nitrogens with zero attached hydrogens (tertiary/aromatic N) is 4. The summed E-state index contributed by atoms with van der Waals surface area (Å²) in [5, 5.41) is 30.3. The van der Waals surface area contributed by atoms with Crippen molar-refractivity contribution in [2.45, 2.75) is 5.92 Å². The molecule has 0 saturated carbocycles. The lowest BCUT2D eigenvalue weighted by molar-refractivity contribution is -0.384. The third-order valence-corrected chi connectivity index (χ3v) is 5.72. The number of nitrogens with one attached hydrogen (secondary N) is 1. The number of amides is 1. The number of nitro groups is 1. The van der Waals surface area contributed by atoms with Crippen LogP contribution >= 0.6 is 0 Å². The zero-order chi connectivity index (χ0) is 24.5. The van der Waals surface area contributed by atoms with Crippen LogP contribution < -0.4 is 5.32 Å². The first kappa shape index (κ1) is 21.8. The van der Waals surface area contributed by atoms with Crippen LogP contribution in [0.25, 0.3) is 16.8 Å². The highest BCUT2D eigenvalue weighted by atomic mass is 16.6. The van der Waals surface area contributed by atoms with Crippen LogP contribution in [0, 0.1) is 10.1 Å². The van der Waals surface area contributed by atoms with Crippen LogP contribution in [0.15, 0.2) is 72.8 Å². The molecule has 35 heavy (non-hydrogen) atoms. The van der Waals surface area contributed by atoms with Gasteiger partial charge in [-0.25, -0.2) is 9.59 Å². The highest BCUT2D eigenvalue weighted by Crippen LogP contribution is 2.44. The van der Waals surface area contributed by atoms with Gasteiger partial charge in [-0.3, -0.25) is 15.4 Å². The van der Waals surface area contributed by atoms with Crippen LogP contribution in [0.4, 0.5) is 16.3 Å². The Kier molecular flexibility index (Phi) is 5.41. The fourth-order valence-corrected chi connectivity index (χ4v) is 4.19. The van der Waals surface area contributed by atoms with Crippen LogP contribution in [0.3, 0.4) is 0 Å². The van der Waals surface area contributed by atoms with Crippen molar-refractivity contribution >= 4 is 23.6 Å². The summed E-state index contributed by atoms with van der Waals surface area (Å²) in [6.45, 7) is 0.0145. The number of hydrogen-bond donors (Lipinski definition) is 2. The SMILES string of the molecule is O=C(Nc1c(C(=O)O)nnn1-c1cccc([N+](=O)[O-])c1)OCC1c2ccccc2-c2ccccc21. The quantitative estimate of drug-likeness (QED) is 0.313. The van der Waals surface area contributed by atoms with Crippen LogP contribution in [0.1, 0.15) is 27.5 Å². The summed E-state index contributed by atoms with van der Waals surface area (Å²) in [6, 6.07) is 21.0. The molecule has 174 valence electrons. The number of anilines is 1. The van der Waals surface area contributed by atoms with Gasteiger partial charge >= 0.3 is 12.1 Å². The Bertz CT molecular complexity index is 1440. The number of carboxylic acid groups (broad SMARTS) is 1. The molecule has 5 rings (SSSR count). The second kappa shape index (κ2) is 8.71. The zero-order valence-corrected chi connectivity index (χ0v) is 18.0. The van der Waals surface area contributed by atoms with Crippen molar-refractivity contribution in [2.24, 2.45) is 0 Å².